The Morgan fingerprint density at radius 3 is 2.12 bits per heavy atom. The molecule has 6 N–H and O–H groups in total. The largest absolute Gasteiger partial charge is 0.481 e. The number of amides is 4. The molecule has 0 saturated carbocycles. The molecule has 3 rings (SSSR count). The standard InChI is InChI=1S/C30H36N6O7/c1-17(2)12-23(34-27(40)22-13-20-6-4-5-7-21(20)16-32-22)28(41)35-24(14-25(38)39)29(42)36-26(18(3)37)30(43)33-15-19-8-10-31-11-9-19/h4-11,13,16-18,23-24,26,37H,12,14-15H2,1-3H3,(H,33,43)(H,34,40)(H,35,41)(H,36,42)(H,38,39)/t18-,23+,24+,26+/m1/s1. The van der Waals surface area contributed by atoms with Crippen molar-refractivity contribution in [3.63, 3.8) is 0 Å². The van der Waals surface area contributed by atoms with Gasteiger partial charge in [-0.25, -0.2) is 0 Å². The predicted molar refractivity (Wildman–Crippen MR) is 156 cm³/mol. The van der Waals surface area contributed by atoms with E-state index in [-0.39, 0.29) is 24.6 Å². The summed E-state index contributed by atoms with van der Waals surface area (Å²) in [5.74, 6) is -4.57. The monoisotopic (exact) mass is 592 g/mol. The summed E-state index contributed by atoms with van der Waals surface area (Å²) < 4.78 is 0. The molecule has 4 atom stereocenters. The lowest BCUT2D eigenvalue weighted by atomic mass is 10.0. The van der Waals surface area contributed by atoms with Gasteiger partial charge in [0.25, 0.3) is 5.91 Å². The molecule has 13 heteroatoms. The second-order valence-electron chi connectivity index (χ2n) is 10.5. The number of aromatic nitrogens is 2. The summed E-state index contributed by atoms with van der Waals surface area (Å²) in [6, 6.07) is 8.10. The lowest BCUT2D eigenvalue weighted by molar-refractivity contribution is -0.141. The maximum Gasteiger partial charge on any atom is 0.305 e. The van der Waals surface area contributed by atoms with Gasteiger partial charge >= 0.3 is 5.97 Å². The lowest BCUT2D eigenvalue weighted by Crippen LogP contribution is -2.59. The van der Waals surface area contributed by atoms with Crippen molar-refractivity contribution in [2.75, 3.05) is 0 Å². The minimum atomic E-state index is -1.61. The summed E-state index contributed by atoms with van der Waals surface area (Å²) in [5.41, 5.74) is 0.810. The zero-order chi connectivity index (χ0) is 31.5. The molecule has 0 bridgehead atoms. The van der Waals surface area contributed by atoms with Crippen molar-refractivity contribution in [2.24, 2.45) is 5.92 Å². The van der Waals surface area contributed by atoms with Crippen molar-refractivity contribution in [3.05, 3.63) is 72.3 Å². The fourth-order valence-corrected chi connectivity index (χ4v) is 4.26. The maximum absolute atomic E-state index is 13.3. The van der Waals surface area contributed by atoms with E-state index in [1.807, 2.05) is 38.1 Å². The summed E-state index contributed by atoms with van der Waals surface area (Å²) in [5, 5.41) is 31.2. The molecule has 228 valence electrons. The minimum Gasteiger partial charge on any atom is -0.481 e. The molecule has 2 aromatic heterocycles. The van der Waals surface area contributed by atoms with Crippen LogP contribution in [-0.2, 0) is 25.7 Å². The zero-order valence-electron chi connectivity index (χ0n) is 24.1. The van der Waals surface area contributed by atoms with Crippen LogP contribution in [-0.4, -0.2) is 74.0 Å². The number of carboxylic acid groups (broad SMARTS) is 1. The molecule has 0 aliphatic carbocycles. The number of nitrogens with one attached hydrogen (secondary N) is 4. The van der Waals surface area contributed by atoms with Crippen molar-refractivity contribution in [1.29, 1.82) is 0 Å². The number of carbonyl (C=O) groups is 5. The van der Waals surface area contributed by atoms with Crippen LogP contribution in [0.5, 0.6) is 0 Å². The third-order valence-corrected chi connectivity index (χ3v) is 6.48. The van der Waals surface area contributed by atoms with Gasteiger partial charge in [-0.2, -0.15) is 0 Å². The van der Waals surface area contributed by atoms with Crippen LogP contribution in [0, 0.1) is 5.92 Å². The number of carbonyl (C=O) groups excluding carboxylic acids is 4. The number of hydrogen-bond donors (Lipinski definition) is 6. The molecule has 4 amide bonds. The molecule has 0 unspecified atom stereocenters. The summed E-state index contributed by atoms with van der Waals surface area (Å²) in [7, 11) is 0. The Morgan fingerprint density at radius 2 is 1.49 bits per heavy atom. The first-order valence-corrected chi connectivity index (χ1v) is 13.8. The Hall–Kier alpha value is -4.91. The average molecular weight is 593 g/mol. The normalized spacial score (nSPS) is 13.8. The topological polar surface area (TPSA) is 200 Å². The van der Waals surface area contributed by atoms with E-state index >= 15 is 0 Å². The molecular weight excluding hydrogens is 556 g/mol. The van der Waals surface area contributed by atoms with Crippen LogP contribution in [0.15, 0.2) is 61.1 Å². The molecule has 0 radical (unpaired) electrons. The number of aliphatic hydroxyl groups excluding tert-OH is 1. The Kier molecular flexibility index (Phi) is 11.6. The zero-order valence-corrected chi connectivity index (χ0v) is 24.1. The quantitative estimate of drug-likeness (QED) is 0.157. The van der Waals surface area contributed by atoms with E-state index < -0.39 is 60.2 Å². The van der Waals surface area contributed by atoms with Gasteiger partial charge in [0.15, 0.2) is 0 Å². The van der Waals surface area contributed by atoms with Gasteiger partial charge in [-0.15, -0.1) is 0 Å². The molecule has 0 aliphatic rings. The van der Waals surface area contributed by atoms with E-state index in [0.29, 0.717) is 0 Å². The van der Waals surface area contributed by atoms with Crippen molar-refractivity contribution >= 4 is 40.4 Å². The Balaban J connectivity index is 1.72. The van der Waals surface area contributed by atoms with Crippen LogP contribution in [0.2, 0.25) is 0 Å². The summed E-state index contributed by atoms with van der Waals surface area (Å²) in [6.07, 6.45) is 2.66. The molecule has 3 aromatic rings. The Labute approximate surface area is 248 Å². The van der Waals surface area contributed by atoms with Gasteiger partial charge in [-0.3, -0.25) is 33.9 Å². The number of nitrogens with zero attached hydrogens (tertiary/aromatic N) is 2. The first kappa shape index (κ1) is 32.6. The first-order chi connectivity index (χ1) is 20.4. The average Bonchev–Trinajstić information content (AvgIpc) is 2.97. The maximum atomic E-state index is 13.3. The molecule has 0 spiro atoms. The van der Waals surface area contributed by atoms with E-state index in [1.54, 1.807) is 36.8 Å². The highest BCUT2D eigenvalue weighted by atomic mass is 16.4. The van der Waals surface area contributed by atoms with Crippen molar-refractivity contribution in [3.8, 4) is 0 Å². The van der Waals surface area contributed by atoms with Gasteiger partial charge in [0.1, 0.15) is 23.8 Å². The van der Waals surface area contributed by atoms with Crippen LogP contribution in [0.3, 0.4) is 0 Å². The summed E-state index contributed by atoms with van der Waals surface area (Å²) in [6.45, 7) is 5.05. The van der Waals surface area contributed by atoms with Crippen LogP contribution in [0.4, 0.5) is 0 Å². The molecule has 0 fully saturated rings. The van der Waals surface area contributed by atoms with Gasteiger partial charge in [-0.1, -0.05) is 38.1 Å². The molecular formula is C30H36N6O7. The third-order valence-electron chi connectivity index (χ3n) is 6.48. The number of benzene rings is 1. The van der Waals surface area contributed by atoms with Crippen LogP contribution < -0.4 is 21.3 Å². The molecule has 0 aliphatic heterocycles. The summed E-state index contributed by atoms with van der Waals surface area (Å²) in [4.78, 5) is 71.9. The number of pyridine rings is 2. The van der Waals surface area contributed by atoms with E-state index in [9.17, 15) is 34.2 Å². The molecule has 0 saturated heterocycles. The smallest absolute Gasteiger partial charge is 0.305 e. The van der Waals surface area contributed by atoms with Gasteiger partial charge < -0.3 is 31.5 Å². The minimum absolute atomic E-state index is 0.0592. The van der Waals surface area contributed by atoms with Crippen LogP contribution in [0.1, 0.15) is 49.7 Å². The van der Waals surface area contributed by atoms with Gasteiger partial charge in [0.2, 0.25) is 17.7 Å². The number of rotatable bonds is 14. The highest BCUT2D eigenvalue weighted by molar-refractivity contribution is 6.00. The molecule has 1 aromatic carbocycles. The highest BCUT2D eigenvalue weighted by Crippen LogP contribution is 2.14. The van der Waals surface area contributed by atoms with Crippen molar-refractivity contribution in [1.82, 2.24) is 31.2 Å². The van der Waals surface area contributed by atoms with E-state index in [0.717, 1.165) is 16.3 Å². The highest BCUT2D eigenvalue weighted by Gasteiger charge is 2.33. The number of hydrogen-bond acceptors (Lipinski definition) is 8. The first-order valence-electron chi connectivity index (χ1n) is 13.8. The third kappa shape index (κ3) is 9.85. The van der Waals surface area contributed by atoms with Crippen LogP contribution in [0.25, 0.3) is 10.8 Å². The molecule has 13 nitrogen and oxygen atoms in total. The summed E-state index contributed by atoms with van der Waals surface area (Å²) >= 11 is 0. The number of aliphatic carboxylic acids is 1. The second-order valence-corrected chi connectivity index (χ2v) is 10.5. The van der Waals surface area contributed by atoms with Gasteiger partial charge in [-0.05, 0) is 48.4 Å². The fraction of sp³-hybridized carbons (Fsp3) is 0.367. The van der Waals surface area contributed by atoms with Crippen molar-refractivity contribution in [2.45, 2.75) is 64.4 Å². The second kappa shape index (κ2) is 15.4. The fourth-order valence-electron chi connectivity index (χ4n) is 4.26. The number of carboxylic acids is 1. The number of fused-ring (bicyclic) bond motifs is 1. The van der Waals surface area contributed by atoms with Crippen molar-refractivity contribution < 1.29 is 34.2 Å². The number of aliphatic hydroxyl groups is 1. The van der Waals surface area contributed by atoms with Gasteiger partial charge in [0, 0.05) is 30.5 Å². The van der Waals surface area contributed by atoms with E-state index in [4.69, 9.17) is 0 Å². The van der Waals surface area contributed by atoms with Crippen LogP contribution >= 0.6 is 0 Å². The SMILES string of the molecule is CC(C)C[C@H](NC(=O)c1cc2ccccc2cn1)C(=O)N[C@@H](CC(=O)O)C(=O)N[C@H](C(=O)NCc1ccncc1)[C@@H](C)O. The predicted octanol–water partition coefficient (Wildman–Crippen LogP) is 0.916. The molecule has 43 heavy (non-hydrogen) atoms. The molecule has 2 heterocycles. The van der Waals surface area contributed by atoms with E-state index in [2.05, 4.69) is 31.2 Å². The van der Waals surface area contributed by atoms with Gasteiger partial charge in [0.05, 0.1) is 12.5 Å². The Morgan fingerprint density at radius 1 is 0.837 bits per heavy atom. The lowest BCUT2D eigenvalue weighted by Gasteiger charge is -2.26. The van der Waals surface area contributed by atoms with E-state index in [1.165, 1.54) is 6.92 Å². The Bertz CT molecular complexity index is 1450.